The summed E-state index contributed by atoms with van der Waals surface area (Å²) in [5.74, 6) is 2.28. The third kappa shape index (κ3) is 3.73. The summed E-state index contributed by atoms with van der Waals surface area (Å²) < 4.78 is 12.7. The Morgan fingerprint density at radius 2 is 2.16 bits per heavy atom. The van der Waals surface area contributed by atoms with Crippen molar-refractivity contribution in [3.63, 3.8) is 0 Å². The lowest BCUT2D eigenvalue weighted by atomic mass is 10.2. The molecule has 5 rings (SSSR count). The van der Waals surface area contributed by atoms with Crippen LogP contribution in [0.3, 0.4) is 0 Å². The molecule has 9 nitrogen and oxygen atoms in total. The highest BCUT2D eigenvalue weighted by Crippen LogP contribution is 2.32. The maximum absolute atomic E-state index is 12.7. The van der Waals surface area contributed by atoms with Gasteiger partial charge in [-0.05, 0) is 41.6 Å². The quantitative estimate of drug-likeness (QED) is 0.370. The number of hydrogen-bond donors (Lipinski definition) is 1. The van der Waals surface area contributed by atoms with Crippen LogP contribution in [0.15, 0.2) is 62.4 Å². The van der Waals surface area contributed by atoms with Crippen molar-refractivity contribution in [2.75, 3.05) is 6.61 Å². The summed E-state index contributed by atoms with van der Waals surface area (Å²) in [4.78, 5) is 20.9. The van der Waals surface area contributed by atoms with E-state index in [-0.39, 0.29) is 5.56 Å². The van der Waals surface area contributed by atoms with Crippen LogP contribution in [0.4, 0.5) is 0 Å². The minimum absolute atomic E-state index is 0.200. The Labute approximate surface area is 184 Å². The Morgan fingerprint density at radius 3 is 3.00 bits per heavy atom. The Hall–Kier alpha value is -3.44. The zero-order valence-corrected chi connectivity index (χ0v) is 17.9. The average molecular weight is 453 g/mol. The topological polar surface area (TPSA) is 112 Å². The summed E-state index contributed by atoms with van der Waals surface area (Å²) in [6, 6.07) is 11.2. The molecule has 1 aromatic carbocycles. The molecule has 0 aliphatic heterocycles. The molecule has 11 heteroatoms. The third-order valence-corrected chi connectivity index (χ3v) is 6.25. The zero-order chi connectivity index (χ0) is 21.2. The first kappa shape index (κ1) is 19.5. The molecule has 4 aromatic heterocycles. The zero-order valence-electron chi connectivity index (χ0n) is 16.3. The van der Waals surface area contributed by atoms with Crippen molar-refractivity contribution < 1.29 is 9.15 Å². The Morgan fingerprint density at radius 1 is 1.26 bits per heavy atom. The van der Waals surface area contributed by atoms with Gasteiger partial charge in [0.1, 0.15) is 27.9 Å². The highest BCUT2D eigenvalue weighted by Gasteiger charge is 2.17. The molecule has 0 atom stereocenters. The number of thiophene rings is 1. The second-order valence-corrected chi connectivity index (χ2v) is 8.18. The molecule has 31 heavy (non-hydrogen) atoms. The molecule has 5 aromatic rings. The van der Waals surface area contributed by atoms with Crippen LogP contribution in [0, 0.1) is 0 Å². The van der Waals surface area contributed by atoms with Crippen LogP contribution in [0.25, 0.3) is 27.2 Å². The Balaban J connectivity index is 1.42. The van der Waals surface area contributed by atoms with Gasteiger partial charge in [-0.3, -0.25) is 4.79 Å². The van der Waals surface area contributed by atoms with E-state index in [1.807, 2.05) is 42.6 Å². The standard InChI is InChI=1S/C20H16N6O3S2/c1-2-28-15-7-4-3-6-13(15)26-20(23-24-25-26)31-11-16-21-18(27)17-12(10-30-19(17)22-16)14-8-5-9-29-14/h3-10H,2,11H2,1H3,(H,21,22,27). The van der Waals surface area contributed by atoms with Crippen molar-refractivity contribution in [1.82, 2.24) is 30.2 Å². The van der Waals surface area contributed by atoms with E-state index >= 15 is 0 Å². The number of nitrogens with zero attached hydrogens (tertiary/aromatic N) is 5. The molecule has 0 amide bonds. The molecule has 0 saturated carbocycles. The lowest BCUT2D eigenvalue weighted by Crippen LogP contribution is -2.11. The Bertz CT molecular complexity index is 1390. The van der Waals surface area contributed by atoms with Gasteiger partial charge in [0.2, 0.25) is 5.16 Å². The van der Waals surface area contributed by atoms with Gasteiger partial charge in [0.15, 0.2) is 0 Å². The number of ether oxygens (including phenoxy) is 1. The summed E-state index contributed by atoms with van der Waals surface area (Å²) >= 11 is 2.78. The van der Waals surface area contributed by atoms with Crippen LogP contribution in [0.1, 0.15) is 12.7 Å². The molecule has 0 unspecified atom stereocenters. The first-order valence-corrected chi connectivity index (χ1v) is 11.3. The highest BCUT2D eigenvalue weighted by atomic mass is 32.2. The van der Waals surface area contributed by atoms with E-state index in [1.165, 1.54) is 23.1 Å². The summed E-state index contributed by atoms with van der Waals surface area (Å²) in [6.45, 7) is 2.46. The molecule has 156 valence electrons. The number of rotatable bonds is 7. The molecule has 0 aliphatic rings. The van der Waals surface area contributed by atoms with E-state index in [4.69, 9.17) is 9.15 Å². The van der Waals surface area contributed by atoms with Crippen molar-refractivity contribution in [1.29, 1.82) is 0 Å². The lowest BCUT2D eigenvalue weighted by Gasteiger charge is -2.10. The average Bonchev–Trinajstić information content (AvgIpc) is 3.53. The summed E-state index contributed by atoms with van der Waals surface area (Å²) in [7, 11) is 0. The number of aromatic nitrogens is 6. The van der Waals surface area contributed by atoms with Gasteiger partial charge in [-0.25, -0.2) is 4.98 Å². The van der Waals surface area contributed by atoms with Gasteiger partial charge < -0.3 is 14.1 Å². The van der Waals surface area contributed by atoms with Gasteiger partial charge in [-0.2, -0.15) is 4.68 Å². The van der Waals surface area contributed by atoms with Crippen molar-refractivity contribution in [2.45, 2.75) is 17.8 Å². The number of tetrazole rings is 1. The second-order valence-electron chi connectivity index (χ2n) is 6.38. The summed E-state index contributed by atoms with van der Waals surface area (Å²) in [6.07, 6.45) is 1.58. The number of benzene rings is 1. The number of thioether (sulfide) groups is 1. The van der Waals surface area contributed by atoms with Gasteiger partial charge in [0.25, 0.3) is 5.56 Å². The van der Waals surface area contributed by atoms with Crippen molar-refractivity contribution >= 4 is 33.3 Å². The van der Waals surface area contributed by atoms with E-state index in [9.17, 15) is 4.79 Å². The molecule has 0 spiro atoms. The van der Waals surface area contributed by atoms with E-state index in [0.29, 0.717) is 45.1 Å². The van der Waals surface area contributed by atoms with Crippen LogP contribution >= 0.6 is 23.1 Å². The van der Waals surface area contributed by atoms with Gasteiger partial charge >= 0.3 is 0 Å². The maximum Gasteiger partial charge on any atom is 0.260 e. The number of para-hydroxylation sites is 2. The lowest BCUT2D eigenvalue weighted by molar-refractivity contribution is 0.337. The van der Waals surface area contributed by atoms with Gasteiger partial charge in [-0.1, -0.05) is 23.9 Å². The fraction of sp³-hybridized carbons (Fsp3) is 0.150. The second kappa shape index (κ2) is 8.36. The molecule has 1 N–H and O–H groups in total. The number of aromatic amines is 1. The summed E-state index contributed by atoms with van der Waals surface area (Å²) in [5, 5.41) is 15.0. The highest BCUT2D eigenvalue weighted by molar-refractivity contribution is 7.98. The first-order valence-electron chi connectivity index (χ1n) is 9.42. The number of hydrogen-bond acceptors (Lipinski definition) is 9. The van der Waals surface area contributed by atoms with Crippen LogP contribution in [-0.4, -0.2) is 36.8 Å². The monoisotopic (exact) mass is 452 g/mol. The fourth-order valence-corrected chi connectivity index (χ4v) is 4.84. The number of H-pyrrole nitrogens is 1. The molecular formula is C20H16N6O3S2. The maximum atomic E-state index is 12.7. The largest absolute Gasteiger partial charge is 0.492 e. The van der Waals surface area contributed by atoms with Crippen LogP contribution < -0.4 is 10.3 Å². The smallest absolute Gasteiger partial charge is 0.260 e. The minimum Gasteiger partial charge on any atom is -0.492 e. The predicted molar refractivity (Wildman–Crippen MR) is 118 cm³/mol. The predicted octanol–water partition coefficient (Wildman–Crippen LogP) is 3.91. The van der Waals surface area contributed by atoms with Crippen molar-refractivity contribution in [3.05, 3.63) is 64.2 Å². The van der Waals surface area contributed by atoms with Crippen molar-refractivity contribution in [3.8, 4) is 22.8 Å². The van der Waals surface area contributed by atoms with E-state index < -0.39 is 0 Å². The Kier molecular flexibility index (Phi) is 5.26. The molecule has 0 radical (unpaired) electrons. The van der Waals surface area contributed by atoms with Crippen LogP contribution in [0.2, 0.25) is 0 Å². The number of fused-ring (bicyclic) bond motifs is 1. The fourth-order valence-electron chi connectivity index (χ4n) is 3.14. The SMILES string of the molecule is CCOc1ccccc1-n1nnnc1SCc1nc2scc(-c3ccco3)c2c(=O)[nH]1. The first-order chi connectivity index (χ1) is 15.2. The van der Waals surface area contributed by atoms with Crippen molar-refractivity contribution in [2.24, 2.45) is 0 Å². The van der Waals surface area contributed by atoms with Gasteiger partial charge in [0.05, 0.1) is 24.0 Å². The number of nitrogens with one attached hydrogen (secondary N) is 1. The molecule has 4 heterocycles. The van der Waals surface area contributed by atoms with E-state index in [2.05, 4.69) is 25.5 Å². The van der Waals surface area contributed by atoms with Crippen LogP contribution in [0.5, 0.6) is 5.75 Å². The molecule has 0 fully saturated rings. The summed E-state index contributed by atoms with van der Waals surface area (Å²) in [5.41, 5.74) is 1.29. The van der Waals surface area contributed by atoms with Crippen LogP contribution in [-0.2, 0) is 5.75 Å². The van der Waals surface area contributed by atoms with E-state index in [0.717, 1.165) is 11.3 Å². The molecule has 0 bridgehead atoms. The number of furan rings is 1. The minimum atomic E-state index is -0.200. The molecular weight excluding hydrogens is 436 g/mol. The van der Waals surface area contributed by atoms with E-state index in [1.54, 1.807) is 17.0 Å². The van der Waals surface area contributed by atoms with Gasteiger partial charge in [0, 0.05) is 10.9 Å². The molecule has 0 aliphatic carbocycles. The molecule has 0 saturated heterocycles. The normalized spacial score (nSPS) is 11.3. The van der Waals surface area contributed by atoms with Gasteiger partial charge in [-0.15, -0.1) is 16.4 Å². The third-order valence-electron chi connectivity index (χ3n) is 4.45.